The summed E-state index contributed by atoms with van der Waals surface area (Å²) in [4.78, 5) is 17.6. The van der Waals surface area contributed by atoms with E-state index in [2.05, 4.69) is 52.8 Å². The third-order valence-electron chi connectivity index (χ3n) is 7.74. The van der Waals surface area contributed by atoms with Gasteiger partial charge in [-0.2, -0.15) is 0 Å². The molecule has 0 unspecified atom stereocenters. The maximum atomic E-state index is 13.6. The second-order valence-corrected chi connectivity index (χ2v) is 9.56. The number of hydrogen-bond donors (Lipinski definition) is 1. The Morgan fingerprint density at radius 2 is 1.69 bits per heavy atom. The van der Waals surface area contributed by atoms with E-state index in [4.69, 9.17) is 0 Å². The minimum absolute atomic E-state index is 0.0134. The first-order valence-electron chi connectivity index (χ1n) is 10.6. The zero-order chi connectivity index (χ0) is 21.0. The van der Waals surface area contributed by atoms with Crippen LogP contribution in [0.4, 0.5) is 4.79 Å². The Hall–Kier alpha value is -2.49. The van der Waals surface area contributed by atoms with Gasteiger partial charge in [0.05, 0.1) is 0 Å². The van der Waals surface area contributed by atoms with Gasteiger partial charge in [-0.3, -0.25) is 0 Å². The molecule has 0 bridgehead atoms. The van der Waals surface area contributed by atoms with Crippen molar-refractivity contribution in [1.29, 1.82) is 0 Å². The predicted molar refractivity (Wildman–Crippen MR) is 116 cm³/mol. The zero-order valence-electron chi connectivity index (χ0n) is 18.2. The molecule has 1 aliphatic heterocycles. The first-order chi connectivity index (χ1) is 13.7. The number of phenolic OH excluding ortho intramolecular Hbond substituents is 1. The molecule has 1 atom stereocenters. The number of rotatable bonds is 2. The number of nitrogens with zero attached hydrogens (tertiary/aromatic N) is 2. The van der Waals surface area contributed by atoms with Gasteiger partial charge < -0.3 is 14.9 Å². The normalized spacial score (nSPS) is 21.4. The molecule has 29 heavy (non-hydrogen) atoms. The molecule has 154 valence electrons. The maximum Gasteiger partial charge on any atom is 0.320 e. The van der Waals surface area contributed by atoms with Gasteiger partial charge in [0.1, 0.15) is 5.75 Å². The smallest absolute Gasteiger partial charge is 0.320 e. The lowest BCUT2D eigenvalue weighted by molar-refractivity contribution is 0.0323. The molecule has 4 rings (SSSR count). The van der Waals surface area contributed by atoms with Crippen LogP contribution in [0.3, 0.4) is 0 Å². The summed E-state index contributed by atoms with van der Waals surface area (Å²) < 4.78 is 0. The van der Waals surface area contributed by atoms with Gasteiger partial charge in [0.2, 0.25) is 0 Å². The molecule has 0 radical (unpaired) electrons. The predicted octanol–water partition coefficient (Wildman–Crippen LogP) is 5.08. The fraction of sp³-hybridized carbons (Fsp3) is 0.480. The number of hydrogen-bond acceptors (Lipinski definition) is 2. The summed E-state index contributed by atoms with van der Waals surface area (Å²) >= 11 is 0. The van der Waals surface area contributed by atoms with Gasteiger partial charge >= 0.3 is 6.03 Å². The summed E-state index contributed by atoms with van der Waals surface area (Å²) in [5.41, 5.74) is 4.33. The first-order valence-corrected chi connectivity index (χ1v) is 10.6. The van der Waals surface area contributed by atoms with Crippen LogP contribution in [0.2, 0.25) is 0 Å². The topological polar surface area (TPSA) is 43.8 Å². The molecule has 0 saturated carbocycles. The third-order valence-corrected chi connectivity index (χ3v) is 7.74. The summed E-state index contributed by atoms with van der Waals surface area (Å²) in [6.45, 7) is 13.1. The fourth-order valence-corrected chi connectivity index (χ4v) is 5.23. The average molecular weight is 393 g/mol. The standard InChI is InChI=1S/C25H32N2O2/c1-6-27(23(29)26-15-17-10-7-8-11-18(17)16-26)22-14-19-20(12-9-13-21(19)28)24(2,3)25(22,4)5/h7-13,22,28H,6,14-16H2,1-5H3/t22-/m1/s1. The fourth-order valence-electron chi connectivity index (χ4n) is 5.23. The van der Waals surface area contributed by atoms with E-state index >= 15 is 0 Å². The monoisotopic (exact) mass is 392 g/mol. The number of carbonyl (C=O) groups excluding carboxylic acids is 1. The van der Waals surface area contributed by atoms with Gasteiger partial charge in [-0.25, -0.2) is 4.79 Å². The largest absolute Gasteiger partial charge is 0.508 e. The molecule has 0 spiro atoms. The number of carbonyl (C=O) groups is 1. The third kappa shape index (κ3) is 2.92. The van der Waals surface area contributed by atoms with Crippen molar-refractivity contribution < 1.29 is 9.90 Å². The molecule has 1 aliphatic carbocycles. The van der Waals surface area contributed by atoms with Gasteiger partial charge in [0.15, 0.2) is 0 Å². The van der Waals surface area contributed by atoms with Crippen LogP contribution in [0.15, 0.2) is 42.5 Å². The average Bonchev–Trinajstić information content (AvgIpc) is 3.11. The van der Waals surface area contributed by atoms with Gasteiger partial charge in [0, 0.05) is 25.7 Å². The van der Waals surface area contributed by atoms with Gasteiger partial charge in [-0.15, -0.1) is 0 Å². The molecular weight excluding hydrogens is 360 g/mol. The highest BCUT2D eigenvalue weighted by Gasteiger charge is 2.52. The van der Waals surface area contributed by atoms with Crippen molar-refractivity contribution in [2.24, 2.45) is 5.41 Å². The van der Waals surface area contributed by atoms with Crippen molar-refractivity contribution in [3.63, 3.8) is 0 Å². The number of benzene rings is 2. The highest BCUT2D eigenvalue weighted by Crippen LogP contribution is 2.52. The number of likely N-dealkylation sites (N-methyl/N-ethyl adjacent to an activating group) is 1. The Balaban J connectivity index is 1.69. The molecule has 2 aliphatic rings. The van der Waals surface area contributed by atoms with Crippen molar-refractivity contribution in [1.82, 2.24) is 9.80 Å². The molecule has 4 heteroatoms. The van der Waals surface area contributed by atoms with E-state index in [1.165, 1.54) is 16.7 Å². The first kappa shape index (κ1) is 19.8. The molecule has 0 saturated heterocycles. The lowest BCUT2D eigenvalue weighted by Crippen LogP contribution is -2.60. The van der Waals surface area contributed by atoms with Crippen LogP contribution in [-0.4, -0.2) is 33.5 Å². The van der Waals surface area contributed by atoms with Gasteiger partial charge in [0.25, 0.3) is 0 Å². The molecule has 1 heterocycles. The summed E-state index contributed by atoms with van der Waals surface area (Å²) in [5, 5.41) is 10.6. The summed E-state index contributed by atoms with van der Waals surface area (Å²) in [6, 6.07) is 14.2. The van der Waals surface area contributed by atoms with Crippen LogP contribution in [0.5, 0.6) is 5.75 Å². The van der Waals surface area contributed by atoms with Crippen LogP contribution in [0.1, 0.15) is 56.9 Å². The lowest BCUT2D eigenvalue weighted by Gasteiger charge is -2.55. The van der Waals surface area contributed by atoms with E-state index in [9.17, 15) is 9.90 Å². The molecule has 2 aromatic rings. The molecule has 1 N–H and O–H groups in total. The Morgan fingerprint density at radius 3 is 2.28 bits per heavy atom. The van der Waals surface area contributed by atoms with Gasteiger partial charge in [-0.1, -0.05) is 64.1 Å². The van der Waals surface area contributed by atoms with Crippen molar-refractivity contribution in [3.8, 4) is 5.75 Å². The number of phenols is 1. The lowest BCUT2D eigenvalue weighted by atomic mass is 9.55. The molecule has 0 fully saturated rings. The Bertz CT molecular complexity index is 923. The maximum absolute atomic E-state index is 13.6. The van der Waals surface area contributed by atoms with Crippen molar-refractivity contribution in [3.05, 3.63) is 64.7 Å². The van der Waals surface area contributed by atoms with Crippen molar-refractivity contribution in [2.75, 3.05) is 6.54 Å². The molecular formula is C25H32N2O2. The summed E-state index contributed by atoms with van der Waals surface area (Å²) in [7, 11) is 0. The Morgan fingerprint density at radius 1 is 1.07 bits per heavy atom. The Labute approximate surface area is 174 Å². The minimum Gasteiger partial charge on any atom is -0.508 e. The summed E-state index contributed by atoms with van der Waals surface area (Å²) in [6.07, 6.45) is 0.679. The van der Waals surface area contributed by atoms with Crippen LogP contribution in [-0.2, 0) is 24.9 Å². The van der Waals surface area contributed by atoms with E-state index in [0.717, 1.165) is 5.56 Å². The van der Waals surface area contributed by atoms with E-state index in [-0.39, 0.29) is 22.9 Å². The second kappa shape index (κ2) is 6.79. The van der Waals surface area contributed by atoms with E-state index < -0.39 is 0 Å². The number of fused-ring (bicyclic) bond motifs is 2. The highest BCUT2D eigenvalue weighted by atomic mass is 16.3. The SMILES string of the molecule is CCN(C(=O)N1Cc2ccccc2C1)[C@@H]1Cc2c(O)cccc2C(C)(C)C1(C)C. The zero-order valence-corrected chi connectivity index (χ0v) is 18.2. The summed E-state index contributed by atoms with van der Waals surface area (Å²) in [5.74, 6) is 0.341. The van der Waals surface area contributed by atoms with Crippen molar-refractivity contribution in [2.45, 2.75) is 65.6 Å². The number of urea groups is 1. The molecule has 0 aromatic heterocycles. The van der Waals surface area contributed by atoms with E-state index in [1.807, 2.05) is 28.0 Å². The minimum atomic E-state index is -0.175. The van der Waals surface area contributed by atoms with E-state index in [0.29, 0.717) is 31.8 Å². The van der Waals surface area contributed by atoms with Gasteiger partial charge in [-0.05, 0) is 52.5 Å². The molecule has 2 aromatic carbocycles. The molecule has 2 amide bonds. The van der Waals surface area contributed by atoms with Crippen LogP contribution in [0.25, 0.3) is 0 Å². The quantitative estimate of drug-likeness (QED) is 0.775. The van der Waals surface area contributed by atoms with Crippen LogP contribution >= 0.6 is 0 Å². The number of amides is 2. The van der Waals surface area contributed by atoms with E-state index in [1.54, 1.807) is 6.07 Å². The number of aromatic hydroxyl groups is 1. The Kier molecular flexibility index (Phi) is 4.64. The second-order valence-electron chi connectivity index (χ2n) is 9.56. The van der Waals surface area contributed by atoms with Crippen LogP contribution < -0.4 is 0 Å². The van der Waals surface area contributed by atoms with Crippen LogP contribution in [0, 0.1) is 5.41 Å². The van der Waals surface area contributed by atoms with Crippen molar-refractivity contribution >= 4 is 6.03 Å². The highest BCUT2D eigenvalue weighted by molar-refractivity contribution is 5.76. The molecule has 4 nitrogen and oxygen atoms in total.